The van der Waals surface area contributed by atoms with E-state index in [9.17, 15) is 19.7 Å². The molecule has 2 aromatic rings. The van der Waals surface area contributed by atoms with E-state index in [1.807, 2.05) is 6.92 Å². The molecule has 4 rings (SSSR count). The zero-order valence-electron chi connectivity index (χ0n) is 19.4. The molecule has 0 spiro atoms. The number of nitro benzene ring substituents is 1. The maximum Gasteiger partial charge on any atom is 0.271 e. The number of nitro groups is 1. The highest BCUT2D eigenvalue weighted by Crippen LogP contribution is 2.38. The quantitative estimate of drug-likeness (QED) is 0.219. The van der Waals surface area contributed by atoms with E-state index in [2.05, 4.69) is 0 Å². The second-order valence-corrected chi connectivity index (χ2v) is 9.39. The third kappa shape index (κ3) is 5.83. The Bertz CT molecular complexity index is 1230. The number of ether oxygens (including phenoxy) is 3. The van der Waals surface area contributed by atoms with E-state index in [1.165, 1.54) is 23.1 Å². The molecule has 2 fully saturated rings. The van der Waals surface area contributed by atoms with Crippen LogP contribution in [0, 0.1) is 10.1 Å². The second-order valence-electron chi connectivity index (χ2n) is 7.72. The average Bonchev–Trinajstić information content (AvgIpc) is 3.16. The van der Waals surface area contributed by atoms with Crippen LogP contribution < -0.4 is 14.4 Å². The Hall–Kier alpha value is -3.48. The number of morpholine rings is 1. The van der Waals surface area contributed by atoms with Gasteiger partial charge >= 0.3 is 0 Å². The number of benzene rings is 2. The Kier molecular flexibility index (Phi) is 8.18. The summed E-state index contributed by atoms with van der Waals surface area (Å²) < 4.78 is 17.0. The minimum atomic E-state index is -0.523. The first-order chi connectivity index (χ1) is 17.4. The highest BCUT2D eigenvalue weighted by Gasteiger charge is 2.34. The molecule has 0 radical (unpaired) electrons. The lowest BCUT2D eigenvalue weighted by Gasteiger charge is -2.26. The standard InChI is InChI=1S/C24H23N3O7S2/c1-2-33-20-12-16(6-7-19(20)34-15-22(28)25-8-10-32-11-9-25)13-21-23(29)26(24(35)36-21)17-4-3-5-18(14-17)27(30)31/h3-7,12-14H,2,8-11,15H2,1H3/b21-13+. The topological polar surface area (TPSA) is 111 Å². The van der Waals surface area contributed by atoms with E-state index >= 15 is 0 Å². The van der Waals surface area contributed by atoms with E-state index in [-0.39, 0.29) is 28.4 Å². The molecule has 0 aromatic heterocycles. The van der Waals surface area contributed by atoms with Crippen molar-refractivity contribution in [1.29, 1.82) is 0 Å². The normalized spacial score (nSPS) is 17.0. The Labute approximate surface area is 216 Å². The van der Waals surface area contributed by atoms with Crippen LogP contribution in [-0.4, -0.2) is 65.5 Å². The number of carbonyl (C=O) groups is 2. The van der Waals surface area contributed by atoms with Gasteiger partial charge in [0.2, 0.25) is 0 Å². The Morgan fingerprint density at radius 1 is 1.19 bits per heavy atom. The predicted octanol–water partition coefficient (Wildman–Crippen LogP) is 3.64. The van der Waals surface area contributed by atoms with Crippen molar-refractivity contribution in [3.8, 4) is 11.5 Å². The van der Waals surface area contributed by atoms with Crippen molar-refractivity contribution in [1.82, 2.24) is 4.90 Å². The lowest BCUT2D eigenvalue weighted by molar-refractivity contribution is -0.384. The molecule has 2 amide bonds. The summed E-state index contributed by atoms with van der Waals surface area (Å²) in [5, 5.41) is 11.1. The van der Waals surface area contributed by atoms with Gasteiger partial charge in [0.15, 0.2) is 22.4 Å². The fourth-order valence-electron chi connectivity index (χ4n) is 3.63. The van der Waals surface area contributed by atoms with Gasteiger partial charge in [-0.15, -0.1) is 0 Å². The van der Waals surface area contributed by atoms with Crippen molar-refractivity contribution in [2.24, 2.45) is 0 Å². The van der Waals surface area contributed by atoms with E-state index in [4.69, 9.17) is 26.4 Å². The van der Waals surface area contributed by atoms with Gasteiger partial charge in [-0.2, -0.15) is 0 Å². The SMILES string of the molecule is CCOc1cc(/C=C2/SC(=S)N(c3cccc([N+](=O)[O-])c3)C2=O)ccc1OCC(=O)N1CCOCC1. The summed E-state index contributed by atoms with van der Waals surface area (Å²) in [4.78, 5) is 39.4. The number of hydrogen-bond acceptors (Lipinski definition) is 9. The predicted molar refractivity (Wildman–Crippen MR) is 139 cm³/mol. The largest absolute Gasteiger partial charge is 0.490 e. The summed E-state index contributed by atoms with van der Waals surface area (Å²) in [5.74, 6) is 0.351. The molecule has 0 atom stereocenters. The highest BCUT2D eigenvalue weighted by atomic mass is 32.2. The van der Waals surface area contributed by atoms with Gasteiger partial charge in [-0.3, -0.25) is 24.6 Å². The molecule has 36 heavy (non-hydrogen) atoms. The van der Waals surface area contributed by atoms with Gasteiger partial charge in [0.1, 0.15) is 0 Å². The number of thioether (sulfide) groups is 1. The third-order valence-corrected chi connectivity index (χ3v) is 6.67. The smallest absolute Gasteiger partial charge is 0.271 e. The van der Waals surface area contributed by atoms with E-state index in [1.54, 1.807) is 35.2 Å². The summed E-state index contributed by atoms with van der Waals surface area (Å²) in [6.45, 7) is 4.19. The number of rotatable bonds is 8. The maximum atomic E-state index is 13.1. The van der Waals surface area contributed by atoms with Gasteiger partial charge in [0.05, 0.1) is 35.3 Å². The van der Waals surface area contributed by atoms with Gasteiger partial charge in [0, 0.05) is 25.2 Å². The van der Waals surface area contributed by atoms with Crippen LogP contribution in [0.4, 0.5) is 11.4 Å². The number of hydrogen-bond donors (Lipinski definition) is 0. The highest BCUT2D eigenvalue weighted by molar-refractivity contribution is 8.27. The second kappa shape index (κ2) is 11.5. The van der Waals surface area contributed by atoms with Crippen LogP contribution in [0.3, 0.4) is 0 Å². The molecule has 0 saturated carbocycles. The van der Waals surface area contributed by atoms with Crippen LogP contribution in [0.1, 0.15) is 12.5 Å². The van der Waals surface area contributed by atoms with Gasteiger partial charge < -0.3 is 19.1 Å². The first-order valence-corrected chi connectivity index (χ1v) is 12.4. The Morgan fingerprint density at radius 3 is 2.69 bits per heavy atom. The summed E-state index contributed by atoms with van der Waals surface area (Å²) in [5.41, 5.74) is 0.873. The zero-order chi connectivity index (χ0) is 25.7. The summed E-state index contributed by atoms with van der Waals surface area (Å²) >= 11 is 6.48. The lowest BCUT2D eigenvalue weighted by Crippen LogP contribution is -2.43. The number of carbonyl (C=O) groups excluding carboxylic acids is 2. The summed E-state index contributed by atoms with van der Waals surface area (Å²) in [7, 11) is 0. The molecule has 2 aromatic carbocycles. The van der Waals surface area contributed by atoms with Crippen LogP contribution in [0.15, 0.2) is 47.4 Å². The fraction of sp³-hybridized carbons (Fsp3) is 0.292. The number of non-ortho nitro benzene ring substituents is 1. The molecular formula is C24H23N3O7S2. The maximum absolute atomic E-state index is 13.1. The van der Waals surface area contributed by atoms with Crippen molar-refractivity contribution >= 4 is 57.6 Å². The number of amides is 2. The molecule has 0 unspecified atom stereocenters. The van der Waals surface area contributed by atoms with E-state index < -0.39 is 4.92 Å². The molecule has 0 aliphatic carbocycles. The average molecular weight is 530 g/mol. The van der Waals surface area contributed by atoms with Crippen LogP contribution in [0.25, 0.3) is 6.08 Å². The van der Waals surface area contributed by atoms with Gasteiger partial charge in [-0.25, -0.2) is 0 Å². The van der Waals surface area contributed by atoms with Crippen molar-refractivity contribution in [2.75, 3.05) is 44.4 Å². The van der Waals surface area contributed by atoms with Crippen LogP contribution in [0.5, 0.6) is 11.5 Å². The van der Waals surface area contributed by atoms with Gasteiger partial charge in [-0.1, -0.05) is 36.1 Å². The number of nitrogens with zero attached hydrogens (tertiary/aromatic N) is 3. The molecule has 2 aliphatic rings. The molecule has 0 bridgehead atoms. The van der Waals surface area contributed by atoms with E-state index in [0.29, 0.717) is 60.6 Å². The monoisotopic (exact) mass is 529 g/mol. The van der Waals surface area contributed by atoms with Crippen LogP contribution in [-0.2, 0) is 14.3 Å². The van der Waals surface area contributed by atoms with Crippen molar-refractivity contribution in [3.05, 3.63) is 63.0 Å². The molecule has 2 heterocycles. The summed E-state index contributed by atoms with van der Waals surface area (Å²) in [6, 6.07) is 10.9. The molecule has 188 valence electrons. The Morgan fingerprint density at radius 2 is 1.97 bits per heavy atom. The van der Waals surface area contributed by atoms with Gasteiger partial charge in [-0.05, 0) is 36.8 Å². The first kappa shape index (κ1) is 25.6. The molecule has 0 N–H and O–H groups in total. The Balaban J connectivity index is 1.51. The fourth-order valence-corrected chi connectivity index (χ4v) is 4.93. The molecule has 2 saturated heterocycles. The molecule has 12 heteroatoms. The van der Waals surface area contributed by atoms with Crippen molar-refractivity contribution in [3.63, 3.8) is 0 Å². The lowest BCUT2D eigenvalue weighted by atomic mass is 10.1. The zero-order valence-corrected chi connectivity index (χ0v) is 21.0. The van der Waals surface area contributed by atoms with Crippen LogP contribution in [0.2, 0.25) is 0 Å². The summed E-state index contributed by atoms with van der Waals surface area (Å²) in [6.07, 6.45) is 1.67. The minimum absolute atomic E-state index is 0.124. The van der Waals surface area contributed by atoms with Crippen molar-refractivity contribution in [2.45, 2.75) is 6.92 Å². The molecular weight excluding hydrogens is 506 g/mol. The molecule has 2 aliphatic heterocycles. The van der Waals surface area contributed by atoms with Gasteiger partial charge in [0.25, 0.3) is 17.5 Å². The third-order valence-electron chi connectivity index (χ3n) is 5.37. The molecule has 10 nitrogen and oxygen atoms in total. The minimum Gasteiger partial charge on any atom is -0.490 e. The van der Waals surface area contributed by atoms with Crippen LogP contribution >= 0.6 is 24.0 Å². The number of thiocarbonyl (C=S) groups is 1. The first-order valence-electron chi connectivity index (χ1n) is 11.1. The van der Waals surface area contributed by atoms with E-state index in [0.717, 1.165) is 11.8 Å². The van der Waals surface area contributed by atoms with Crippen molar-refractivity contribution < 1.29 is 28.7 Å². The number of anilines is 1.